The maximum absolute atomic E-state index is 12.8. The Kier molecular flexibility index (Phi) is 4.62. The van der Waals surface area contributed by atoms with Crippen molar-refractivity contribution >= 4 is 29.0 Å². The van der Waals surface area contributed by atoms with Gasteiger partial charge in [-0.15, -0.1) is 0 Å². The lowest BCUT2D eigenvalue weighted by molar-refractivity contribution is 0.249. The number of pyridine rings is 1. The van der Waals surface area contributed by atoms with Gasteiger partial charge in [0, 0.05) is 37.2 Å². The van der Waals surface area contributed by atoms with Crippen LogP contribution < -0.4 is 15.5 Å². The molecular weight excluding hydrogens is 319 g/mol. The number of carbonyl (C=O) groups excluding carboxylic acids is 1. The summed E-state index contributed by atoms with van der Waals surface area (Å²) in [6.07, 6.45) is 4.14. The summed E-state index contributed by atoms with van der Waals surface area (Å²) in [5.74, 6) is -0.336. The predicted molar refractivity (Wildman–Crippen MR) is 88.4 cm³/mol. The molecule has 23 heavy (non-hydrogen) atoms. The third-order valence-electron chi connectivity index (χ3n) is 3.72. The first-order chi connectivity index (χ1) is 11.1. The van der Waals surface area contributed by atoms with Crippen LogP contribution in [0.15, 0.2) is 42.7 Å². The van der Waals surface area contributed by atoms with Crippen molar-refractivity contribution in [3.8, 4) is 0 Å². The molecule has 1 aliphatic rings. The van der Waals surface area contributed by atoms with Crippen molar-refractivity contribution in [2.75, 3.05) is 23.3 Å². The number of hydrogen-bond donors (Lipinski definition) is 2. The molecule has 1 unspecified atom stereocenters. The van der Waals surface area contributed by atoms with E-state index in [1.165, 1.54) is 24.3 Å². The minimum Gasteiger partial charge on any atom is -0.368 e. The Morgan fingerprint density at radius 1 is 1.30 bits per heavy atom. The van der Waals surface area contributed by atoms with Gasteiger partial charge >= 0.3 is 6.03 Å². The largest absolute Gasteiger partial charge is 0.368 e. The molecule has 0 saturated carbocycles. The first kappa shape index (κ1) is 15.6. The van der Waals surface area contributed by atoms with Gasteiger partial charge in [0.1, 0.15) is 5.82 Å². The van der Waals surface area contributed by atoms with E-state index in [2.05, 4.69) is 20.5 Å². The van der Waals surface area contributed by atoms with Gasteiger partial charge in [-0.05, 0) is 36.8 Å². The number of nitrogens with zero attached hydrogens (tertiary/aromatic N) is 2. The first-order valence-corrected chi connectivity index (χ1v) is 7.67. The summed E-state index contributed by atoms with van der Waals surface area (Å²) in [5.41, 5.74) is 1.47. The van der Waals surface area contributed by atoms with Crippen molar-refractivity contribution in [1.82, 2.24) is 10.3 Å². The summed E-state index contributed by atoms with van der Waals surface area (Å²) in [6.45, 7) is 1.49. The number of rotatable bonds is 3. The van der Waals surface area contributed by atoms with Crippen LogP contribution in [0.25, 0.3) is 0 Å². The molecule has 3 rings (SSSR count). The fraction of sp³-hybridized carbons (Fsp3) is 0.250. The molecule has 1 aromatic heterocycles. The van der Waals surface area contributed by atoms with Gasteiger partial charge in [0.2, 0.25) is 0 Å². The Balaban J connectivity index is 1.54. The Morgan fingerprint density at radius 3 is 2.83 bits per heavy atom. The van der Waals surface area contributed by atoms with Crippen LogP contribution in [0.5, 0.6) is 0 Å². The molecule has 5 nitrogen and oxygen atoms in total. The molecule has 1 fully saturated rings. The van der Waals surface area contributed by atoms with Crippen LogP contribution >= 0.6 is 11.6 Å². The zero-order valence-corrected chi connectivity index (χ0v) is 13.1. The minimum atomic E-state index is -0.336. The van der Waals surface area contributed by atoms with E-state index >= 15 is 0 Å². The number of benzene rings is 1. The predicted octanol–water partition coefficient (Wildman–Crippen LogP) is 3.27. The van der Waals surface area contributed by atoms with E-state index < -0.39 is 0 Å². The highest BCUT2D eigenvalue weighted by molar-refractivity contribution is 6.33. The number of anilines is 2. The van der Waals surface area contributed by atoms with Gasteiger partial charge in [0.15, 0.2) is 0 Å². The molecule has 2 amide bonds. The molecule has 2 N–H and O–H groups in total. The van der Waals surface area contributed by atoms with Crippen molar-refractivity contribution in [2.45, 2.75) is 12.5 Å². The maximum atomic E-state index is 12.8. The van der Waals surface area contributed by atoms with Crippen molar-refractivity contribution in [2.24, 2.45) is 0 Å². The molecule has 0 bridgehead atoms. The summed E-state index contributed by atoms with van der Waals surface area (Å²) in [6, 6.07) is 7.24. The summed E-state index contributed by atoms with van der Waals surface area (Å²) in [7, 11) is 0. The number of carbonyl (C=O) groups is 1. The molecule has 1 aliphatic heterocycles. The molecule has 2 heterocycles. The number of amides is 2. The summed E-state index contributed by atoms with van der Waals surface area (Å²) < 4.78 is 12.8. The van der Waals surface area contributed by atoms with Crippen LogP contribution in [0.1, 0.15) is 6.42 Å². The Bertz CT molecular complexity index is 695. The smallest absolute Gasteiger partial charge is 0.319 e. The van der Waals surface area contributed by atoms with E-state index in [1.54, 1.807) is 12.4 Å². The number of nitrogens with one attached hydrogen (secondary N) is 2. The number of urea groups is 1. The van der Waals surface area contributed by atoms with Gasteiger partial charge in [0.05, 0.1) is 10.7 Å². The van der Waals surface area contributed by atoms with E-state index in [0.29, 0.717) is 17.3 Å². The fourth-order valence-corrected chi connectivity index (χ4v) is 2.85. The highest BCUT2D eigenvalue weighted by Gasteiger charge is 2.25. The summed E-state index contributed by atoms with van der Waals surface area (Å²) in [5, 5.41) is 6.21. The number of halogens is 2. The van der Waals surface area contributed by atoms with Gasteiger partial charge < -0.3 is 15.5 Å². The number of aromatic nitrogens is 1. The topological polar surface area (TPSA) is 57.3 Å². The normalized spacial score (nSPS) is 17.1. The van der Waals surface area contributed by atoms with Crippen molar-refractivity contribution in [3.63, 3.8) is 0 Å². The van der Waals surface area contributed by atoms with Crippen LogP contribution in [0.3, 0.4) is 0 Å². The molecule has 2 aromatic rings. The Morgan fingerprint density at radius 2 is 2.09 bits per heavy atom. The summed E-state index contributed by atoms with van der Waals surface area (Å²) >= 11 is 6.14. The SMILES string of the molecule is O=C(Nc1ccc(F)cc1)NC1CCN(c2ccncc2Cl)C1. The highest BCUT2D eigenvalue weighted by atomic mass is 35.5. The third kappa shape index (κ3) is 3.90. The van der Waals surface area contributed by atoms with Gasteiger partial charge in [-0.3, -0.25) is 4.98 Å². The quantitative estimate of drug-likeness (QED) is 0.905. The van der Waals surface area contributed by atoms with Gasteiger partial charge in [-0.1, -0.05) is 11.6 Å². The van der Waals surface area contributed by atoms with Crippen LogP contribution in [0.2, 0.25) is 5.02 Å². The van der Waals surface area contributed by atoms with E-state index in [-0.39, 0.29) is 17.9 Å². The van der Waals surface area contributed by atoms with E-state index in [0.717, 1.165) is 18.7 Å². The second-order valence-corrected chi connectivity index (χ2v) is 5.77. The molecule has 1 atom stereocenters. The standard InChI is InChI=1S/C16H16ClFN4O/c17-14-9-19-7-5-15(14)22-8-6-13(10-22)21-16(23)20-12-3-1-11(18)2-4-12/h1-5,7,9,13H,6,8,10H2,(H2,20,21,23). The van der Waals surface area contributed by atoms with Crippen molar-refractivity contribution in [1.29, 1.82) is 0 Å². The fourth-order valence-electron chi connectivity index (χ4n) is 2.61. The van der Waals surface area contributed by atoms with Gasteiger partial charge in [-0.2, -0.15) is 0 Å². The third-order valence-corrected chi connectivity index (χ3v) is 4.01. The van der Waals surface area contributed by atoms with Crippen LogP contribution in [0.4, 0.5) is 20.6 Å². The average molecular weight is 335 g/mol. The average Bonchev–Trinajstić information content (AvgIpc) is 2.98. The Hall–Kier alpha value is -2.34. The molecule has 0 radical (unpaired) electrons. The minimum absolute atomic E-state index is 0.0275. The molecule has 0 spiro atoms. The monoisotopic (exact) mass is 334 g/mol. The Labute approximate surface area is 138 Å². The lowest BCUT2D eigenvalue weighted by Crippen LogP contribution is -2.39. The first-order valence-electron chi connectivity index (χ1n) is 7.29. The number of hydrogen-bond acceptors (Lipinski definition) is 3. The lowest BCUT2D eigenvalue weighted by atomic mass is 10.2. The molecule has 1 aromatic carbocycles. The molecular formula is C16H16ClFN4O. The zero-order chi connectivity index (χ0) is 16.2. The van der Waals surface area contributed by atoms with Gasteiger partial charge in [0.25, 0.3) is 0 Å². The van der Waals surface area contributed by atoms with E-state index in [9.17, 15) is 9.18 Å². The maximum Gasteiger partial charge on any atom is 0.319 e. The van der Waals surface area contributed by atoms with Crippen molar-refractivity contribution < 1.29 is 9.18 Å². The highest BCUT2D eigenvalue weighted by Crippen LogP contribution is 2.27. The molecule has 120 valence electrons. The zero-order valence-electron chi connectivity index (χ0n) is 12.3. The van der Waals surface area contributed by atoms with Crippen LogP contribution in [-0.2, 0) is 0 Å². The summed E-state index contributed by atoms with van der Waals surface area (Å²) in [4.78, 5) is 18.1. The molecule has 0 aliphatic carbocycles. The van der Waals surface area contributed by atoms with E-state index in [1.807, 2.05) is 6.07 Å². The molecule has 7 heteroatoms. The second kappa shape index (κ2) is 6.83. The van der Waals surface area contributed by atoms with Crippen molar-refractivity contribution in [3.05, 3.63) is 53.6 Å². The molecule has 1 saturated heterocycles. The van der Waals surface area contributed by atoms with Crippen LogP contribution in [-0.4, -0.2) is 30.1 Å². The lowest BCUT2D eigenvalue weighted by Gasteiger charge is -2.20. The second-order valence-electron chi connectivity index (χ2n) is 5.36. The van der Waals surface area contributed by atoms with Crippen LogP contribution in [0, 0.1) is 5.82 Å². The van der Waals surface area contributed by atoms with Gasteiger partial charge in [-0.25, -0.2) is 9.18 Å². The van der Waals surface area contributed by atoms with E-state index in [4.69, 9.17) is 11.6 Å².